The molecule has 0 bridgehead atoms. The van der Waals surface area contributed by atoms with Crippen molar-refractivity contribution in [3.8, 4) is 80.0 Å². The van der Waals surface area contributed by atoms with Gasteiger partial charge in [-0.05, 0) is 208 Å². The summed E-state index contributed by atoms with van der Waals surface area (Å²) >= 11 is 0. The molecule has 0 aliphatic carbocycles. The van der Waals surface area contributed by atoms with Crippen LogP contribution in [0.25, 0.3) is 89.7 Å². The number of carbonyl (C=O) groups is 7. The van der Waals surface area contributed by atoms with E-state index in [1.165, 1.54) is 101 Å². The van der Waals surface area contributed by atoms with Crippen LogP contribution in [-0.4, -0.2) is 300 Å². The van der Waals surface area contributed by atoms with E-state index >= 15 is 19.2 Å². The third-order valence-electron chi connectivity index (χ3n) is 26.2. The van der Waals surface area contributed by atoms with Crippen molar-refractivity contribution in [2.45, 2.75) is 88.4 Å². The number of nitrogens with zero attached hydrogens (tertiary/aromatic N) is 14. The molecule has 0 unspecified atom stereocenters. The largest absolute Gasteiger partial charge is 0.508 e. The lowest BCUT2D eigenvalue weighted by Gasteiger charge is -2.39. The van der Waals surface area contributed by atoms with E-state index in [-0.39, 0.29) is 93.6 Å². The molecule has 2 aliphatic heterocycles. The van der Waals surface area contributed by atoms with Crippen molar-refractivity contribution in [3.63, 3.8) is 0 Å². The second kappa shape index (κ2) is 42.9. The van der Waals surface area contributed by atoms with Crippen LogP contribution in [-0.2, 0) is 59.2 Å². The lowest BCUT2D eigenvalue weighted by Crippen LogP contribution is -2.60. The summed E-state index contributed by atoms with van der Waals surface area (Å²) in [6.45, 7) is 8.00. The van der Waals surface area contributed by atoms with Crippen molar-refractivity contribution in [2.75, 3.05) is 144 Å². The zero-order chi connectivity index (χ0) is 96.1. The standard InChI is InChI=1S/C105H117N19O13/c1-115-46-50-122(51-47-115)75-30-42-85-89(64-75)113-100(109-85)73-28-40-83-87(62-73)111-98(107-83)71-14-10-16-81(60-71)136-54-12-18-96(130)117(3)44-8-9-45-124(66-95(106)129)105(135)94(59-70-26-38-80(128)39-27-70)121(7)104(134)93(58-69-24-36-79(127)37-25-69)120(6)103(133)92(57-68-22-34-78(126)35-23-68)119(5)102(132)91(56-67-20-32-77(125)33-21-67)118(4)97(131)19-13-55-137-82-17-11-15-72(61-82)99-108-84-41-29-74(63-88(84)112-99)101-110-86-43-31-76(65-90(86)114-101)123-52-48-116(2)49-53-123/h10-11,14-17,20-43,60-65,91-94,125-128H,8-9,12-13,18-19,44-59,66H2,1-7H3,(H2,106,129)(H,107,111)(H,108,112)(H,109,113)(H,110,114)/t91-,92-,93-,94-/m0/s1. The number of aromatic hydroxyl groups is 4. The summed E-state index contributed by atoms with van der Waals surface area (Å²) in [7, 11) is 11.8. The SMILES string of the molecule is CN1CCN(c2ccc3[nH]c(-c4ccc5[nH]c(-c6cccc(OCCCC(=O)N(C)CCCCN(CC(N)=O)C(=O)[C@H](Cc7ccc(O)cc7)N(C)C(=O)[C@H](Cc7ccc(O)cc7)N(C)C(=O)[C@H](Cc7ccc(O)cc7)N(C)C(=O)[C@H](Cc7ccc(O)cc7)N(C)C(=O)CCCOc7cccc(-c8nc9ccc(-c%10nc%11ccc(N%12CCN(C)CC%12)cc%11[nH]%10)cc9[nH]8)c7)c6)nc5c4)nc3c2)CC1. The van der Waals surface area contributed by atoms with E-state index in [0.29, 0.717) is 71.2 Å². The molecular weight excluding hydrogens is 1740 g/mol. The zero-order valence-electron chi connectivity index (χ0n) is 78.2. The van der Waals surface area contributed by atoms with Crippen LogP contribution >= 0.6 is 0 Å². The molecule has 4 aromatic heterocycles. The molecule has 4 atom stereocenters. The third kappa shape index (κ3) is 23.4. The van der Waals surface area contributed by atoms with E-state index < -0.39 is 66.2 Å². The lowest BCUT2D eigenvalue weighted by molar-refractivity contribution is -0.154. The molecule has 10 N–H and O–H groups in total. The van der Waals surface area contributed by atoms with Crippen LogP contribution in [0.1, 0.15) is 60.8 Å². The summed E-state index contributed by atoms with van der Waals surface area (Å²) in [6, 6.07) is 58.8. The number of anilines is 2. The first-order valence-corrected chi connectivity index (χ1v) is 46.5. The molecule has 137 heavy (non-hydrogen) atoms. The van der Waals surface area contributed by atoms with Gasteiger partial charge in [0, 0.05) is 173 Å². The maximum atomic E-state index is 16.1. The van der Waals surface area contributed by atoms with Crippen LogP contribution in [0.15, 0.2) is 218 Å². The number of likely N-dealkylation sites (N-methyl/N-ethyl adjacent to an activating group) is 6. The van der Waals surface area contributed by atoms with Gasteiger partial charge >= 0.3 is 0 Å². The molecule has 710 valence electrons. The number of piperazine rings is 2. The van der Waals surface area contributed by atoms with Crippen LogP contribution in [0.5, 0.6) is 34.5 Å². The van der Waals surface area contributed by atoms with Gasteiger partial charge in [-0.25, -0.2) is 19.9 Å². The average Bonchev–Trinajstić information content (AvgIpc) is 1.61. The van der Waals surface area contributed by atoms with Crippen LogP contribution in [0.3, 0.4) is 0 Å². The lowest BCUT2D eigenvalue weighted by atomic mass is 9.97. The Bertz CT molecular complexity index is 6620. The second-order valence-corrected chi connectivity index (χ2v) is 35.9. The molecule has 32 nitrogen and oxygen atoms in total. The summed E-state index contributed by atoms with van der Waals surface area (Å²) in [5.74, 6) is -0.468. The van der Waals surface area contributed by atoms with E-state index in [0.717, 1.165) is 142 Å². The number of hydrogen-bond acceptors (Lipinski definition) is 21. The van der Waals surface area contributed by atoms with Gasteiger partial charge in [-0.3, -0.25) is 33.6 Å². The Balaban J connectivity index is 0.561. The van der Waals surface area contributed by atoms with Crippen molar-refractivity contribution >= 4 is 96.9 Å². The summed E-state index contributed by atoms with van der Waals surface area (Å²) in [4.78, 5) is 156. The van der Waals surface area contributed by atoms with Crippen LogP contribution in [0.2, 0.25) is 0 Å². The average molecular weight is 1850 g/mol. The number of hydrogen-bond donors (Lipinski definition) is 9. The Labute approximate surface area is 794 Å². The Morgan fingerprint density at radius 3 is 1.18 bits per heavy atom. The first-order valence-electron chi connectivity index (χ1n) is 46.5. The van der Waals surface area contributed by atoms with E-state index in [1.54, 1.807) is 60.5 Å². The number of benzene rings is 10. The minimum absolute atomic E-state index is 0.0207. The topological polar surface area (TPSA) is 392 Å². The number of unbranched alkanes of at least 4 members (excludes halogenated alkanes) is 1. The van der Waals surface area contributed by atoms with E-state index in [2.05, 4.69) is 90.0 Å². The third-order valence-corrected chi connectivity index (χ3v) is 26.2. The summed E-state index contributed by atoms with van der Waals surface area (Å²) < 4.78 is 12.5. The molecule has 0 radical (unpaired) electrons. The van der Waals surface area contributed by atoms with Gasteiger partial charge in [0.1, 0.15) is 82.0 Å². The van der Waals surface area contributed by atoms with E-state index in [1.807, 2.05) is 84.9 Å². The number of nitrogens with two attached hydrogens (primary N) is 1. The number of ether oxygens (including phenoxy) is 2. The van der Waals surface area contributed by atoms with Crippen LogP contribution < -0.4 is 25.0 Å². The highest BCUT2D eigenvalue weighted by Gasteiger charge is 2.42. The molecule has 14 aromatic rings. The number of nitrogens with one attached hydrogen (secondary N) is 4. The molecule has 0 saturated carbocycles. The highest BCUT2D eigenvalue weighted by atomic mass is 16.5. The van der Waals surface area contributed by atoms with E-state index in [4.69, 9.17) is 35.1 Å². The van der Waals surface area contributed by atoms with Crippen molar-refractivity contribution < 1.29 is 63.5 Å². The van der Waals surface area contributed by atoms with Gasteiger partial charge < -0.3 is 105 Å². The fourth-order valence-electron chi connectivity index (χ4n) is 17.8. The highest BCUT2D eigenvalue weighted by Crippen LogP contribution is 2.35. The summed E-state index contributed by atoms with van der Waals surface area (Å²) in [6.07, 6.45) is 0.903. The molecule has 10 aromatic carbocycles. The van der Waals surface area contributed by atoms with Crippen molar-refractivity contribution in [3.05, 3.63) is 241 Å². The second-order valence-electron chi connectivity index (χ2n) is 35.9. The number of carbonyl (C=O) groups excluding carboxylic acids is 7. The van der Waals surface area contributed by atoms with Crippen molar-refractivity contribution in [2.24, 2.45) is 5.73 Å². The number of rotatable bonds is 39. The van der Waals surface area contributed by atoms with Crippen LogP contribution in [0.4, 0.5) is 11.4 Å². The van der Waals surface area contributed by atoms with Crippen molar-refractivity contribution in [1.29, 1.82) is 0 Å². The molecular formula is C105H117N19O13. The predicted octanol–water partition coefficient (Wildman–Crippen LogP) is 12.0. The van der Waals surface area contributed by atoms with Gasteiger partial charge in [0.05, 0.1) is 63.9 Å². The normalized spacial score (nSPS) is 14.0. The Hall–Kier alpha value is -15.3. The van der Waals surface area contributed by atoms with Gasteiger partial charge in [-0.15, -0.1) is 0 Å². The molecule has 2 aliphatic rings. The number of fused-ring (bicyclic) bond motifs is 4. The number of primary amides is 1. The molecule has 7 amide bonds. The first kappa shape index (κ1) is 94.9. The van der Waals surface area contributed by atoms with Gasteiger partial charge in [0.2, 0.25) is 41.4 Å². The maximum absolute atomic E-state index is 16.1. The molecule has 6 heterocycles. The Kier molecular flexibility index (Phi) is 29.7. The zero-order valence-corrected chi connectivity index (χ0v) is 78.2. The van der Waals surface area contributed by atoms with Gasteiger partial charge in [0.15, 0.2) is 0 Å². The van der Waals surface area contributed by atoms with Gasteiger partial charge in [0.25, 0.3) is 0 Å². The van der Waals surface area contributed by atoms with Gasteiger partial charge in [-0.1, -0.05) is 72.8 Å². The number of aromatic amines is 4. The smallest absolute Gasteiger partial charge is 0.246 e. The summed E-state index contributed by atoms with van der Waals surface area (Å²) in [5, 5.41) is 41.9. The highest BCUT2D eigenvalue weighted by molar-refractivity contribution is 5.97. The summed E-state index contributed by atoms with van der Waals surface area (Å²) in [5.41, 5.74) is 20.7. The Morgan fingerprint density at radius 2 is 0.723 bits per heavy atom. The molecule has 32 heteroatoms. The number of imidazole rings is 4. The number of amides is 7. The van der Waals surface area contributed by atoms with E-state index in [9.17, 15) is 34.8 Å². The minimum atomic E-state index is -1.45. The fraction of sp³-hybridized carbons (Fsp3) is 0.324. The van der Waals surface area contributed by atoms with Crippen molar-refractivity contribution in [1.82, 2.24) is 79.1 Å². The maximum Gasteiger partial charge on any atom is 0.246 e. The Morgan fingerprint density at radius 1 is 0.365 bits per heavy atom. The predicted molar refractivity (Wildman–Crippen MR) is 528 cm³/mol. The monoisotopic (exact) mass is 1850 g/mol. The number of phenolic OH excluding ortho intramolecular Hbond substituents is 4. The number of phenols is 4. The molecule has 16 rings (SSSR count). The minimum Gasteiger partial charge on any atom is -0.508 e. The number of aromatic nitrogens is 8. The number of H-pyrrole nitrogens is 4. The quantitative estimate of drug-likeness (QED) is 0.0162. The van der Waals surface area contributed by atoms with Crippen LogP contribution in [0, 0.1) is 0 Å². The molecule has 0 spiro atoms. The fourth-order valence-corrected chi connectivity index (χ4v) is 17.8. The van der Waals surface area contributed by atoms with Gasteiger partial charge in [-0.2, -0.15) is 0 Å². The first-order chi connectivity index (χ1) is 66.1. The molecule has 2 saturated heterocycles. The molecule has 2 fully saturated rings.